The number of ketones is 1. The van der Waals surface area contributed by atoms with Crippen LogP contribution < -0.4 is 0 Å². The summed E-state index contributed by atoms with van der Waals surface area (Å²) < 4.78 is 11.0. The van der Waals surface area contributed by atoms with E-state index in [0.29, 0.717) is 16.7 Å². The number of carbonyl (C=O) groups excluding carboxylic acids is 3. The predicted octanol–water partition coefficient (Wildman–Crippen LogP) is 1.80. The summed E-state index contributed by atoms with van der Waals surface area (Å²) in [5, 5.41) is 10.9. The van der Waals surface area contributed by atoms with Gasteiger partial charge in [0.2, 0.25) is 0 Å². The normalized spacial score (nSPS) is 33.2. The van der Waals surface area contributed by atoms with Gasteiger partial charge in [-0.1, -0.05) is 17.7 Å². The molecule has 3 aliphatic rings. The molecule has 0 aromatic heterocycles. The molecule has 6 heteroatoms. The molecule has 1 N–H and O–H groups in total. The minimum Gasteiger partial charge on any atom is -0.454 e. The van der Waals surface area contributed by atoms with Crippen molar-refractivity contribution in [3.05, 3.63) is 46.6 Å². The summed E-state index contributed by atoms with van der Waals surface area (Å²) in [6.07, 6.45) is -0.110. The van der Waals surface area contributed by atoms with Crippen LogP contribution in [0.2, 0.25) is 0 Å². The molecule has 0 aromatic carbocycles. The summed E-state index contributed by atoms with van der Waals surface area (Å²) in [6.45, 7) is 10.7. The first-order valence-corrected chi connectivity index (χ1v) is 8.50. The molecule has 1 heterocycles. The Morgan fingerprint density at radius 2 is 1.96 bits per heavy atom. The smallest absolute Gasteiger partial charge is 0.334 e. The summed E-state index contributed by atoms with van der Waals surface area (Å²) in [5.74, 6) is -2.74. The first kappa shape index (κ1) is 18.3. The van der Waals surface area contributed by atoms with E-state index in [4.69, 9.17) is 9.47 Å². The van der Waals surface area contributed by atoms with Gasteiger partial charge in [0.05, 0.1) is 12.0 Å². The van der Waals surface area contributed by atoms with Gasteiger partial charge >= 0.3 is 11.9 Å². The van der Waals surface area contributed by atoms with Gasteiger partial charge in [0, 0.05) is 23.1 Å². The van der Waals surface area contributed by atoms with E-state index in [1.807, 2.05) is 0 Å². The van der Waals surface area contributed by atoms with Crippen molar-refractivity contribution in [3.8, 4) is 0 Å². The first-order chi connectivity index (χ1) is 12.1. The zero-order valence-corrected chi connectivity index (χ0v) is 15.2. The third kappa shape index (κ3) is 2.74. The fourth-order valence-electron chi connectivity index (χ4n) is 4.05. The van der Waals surface area contributed by atoms with Gasteiger partial charge in [-0.25, -0.2) is 9.59 Å². The minimum atomic E-state index is -1.06. The predicted molar refractivity (Wildman–Crippen MR) is 92.8 cm³/mol. The Morgan fingerprint density at radius 3 is 2.58 bits per heavy atom. The minimum absolute atomic E-state index is 0.131. The van der Waals surface area contributed by atoms with Crippen LogP contribution in [-0.2, 0) is 23.9 Å². The number of aliphatic hydroxyl groups excluding tert-OH is 1. The molecule has 1 aliphatic heterocycles. The van der Waals surface area contributed by atoms with Crippen LogP contribution in [0.25, 0.3) is 0 Å². The molecule has 1 saturated heterocycles. The van der Waals surface area contributed by atoms with E-state index < -0.39 is 42.1 Å². The van der Waals surface area contributed by atoms with Gasteiger partial charge in [0.25, 0.3) is 0 Å². The van der Waals surface area contributed by atoms with Gasteiger partial charge in [-0.2, -0.15) is 0 Å². The van der Waals surface area contributed by atoms with Crippen molar-refractivity contribution in [2.45, 2.75) is 46.0 Å². The molecule has 2 aliphatic carbocycles. The fourth-order valence-corrected chi connectivity index (χ4v) is 4.05. The molecule has 3 rings (SSSR count). The molecule has 0 bridgehead atoms. The maximum atomic E-state index is 12.5. The summed E-state index contributed by atoms with van der Waals surface area (Å²) in [4.78, 5) is 36.7. The van der Waals surface area contributed by atoms with Gasteiger partial charge < -0.3 is 14.6 Å². The number of ether oxygens (including phenoxy) is 2. The molecule has 5 unspecified atom stereocenters. The highest BCUT2D eigenvalue weighted by atomic mass is 16.6. The molecular formula is C20H22O6. The van der Waals surface area contributed by atoms with E-state index >= 15 is 0 Å². The topological polar surface area (TPSA) is 89.9 Å². The summed E-state index contributed by atoms with van der Waals surface area (Å²) in [5.41, 5.74) is 2.50. The molecule has 26 heavy (non-hydrogen) atoms. The summed E-state index contributed by atoms with van der Waals surface area (Å²) in [6, 6.07) is 0. The summed E-state index contributed by atoms with van der Waals surface area (Å²) in [7, 11) is 0. The van der Waals surface area contributed by atoms with Crippen molar-refractivity contribution in [1.82, 2.24) is 0 Å². The third-order valence-corrected chi connectivity index (χ3v) is 5.20. The van der Waals surface area contributed by atoms with E-state index in [2.05, 4.69) is 6.58 Å². The monoisotopic (exact) mass is 358 g/mol. The van der Waals surface area contributed by atoms with E-state index in [9.17, 15) is 19.5 Å². The quantitative estimate of drug-likeness (QED) is 0.598. The van der Waals surface area contributed by atoms with Crippen LogP contribution in [0.15, 0.2) is 46.6 Å². The first-order valence-electron chi connectivity index (χ1n) is 8.50. The SMILES string of the molecule is C=C1C(=O)OC2C(OC(=O)C=C(C)C)C(C)=C3C(=O)C=C(C)C3C(O)C12. The Morgan fingerprint density at radius 1 is 1.31 bits per heavy atom. The van der Waals surface area contributed by atoms with Crippen LogP contribution >= 0.6 is 0 Å². The third-order valence-electron chi connectivity index (χ3n) is 5.20. The number of esters is 2. The number of rotatable bonds is 2. The van der Waals surface area contributed by atoms with Crippen molar-refractivity contribution in [2.75, 3.05) is 0 Å². The van der Waals surface area contributed by atoms with Crippen molar-refractivity contribution in [2.24, 2.45) is 11.8 Å². The van der Waals surface area contributed by atoms with Crippen molar-refractivity contribution < 1.29 is 29.0 Å². The van der Waals surface area contributed by atoms with Crippen molar-refractivity contribution in [3.63, 3.8) is 0 Å². The van der Waals surface area contributed by atoms with Crippen molar-refractivity contribution in [1.29, 1.82) is 0 Å². The van der Waals surface area contributed by atoms with Crippen LogP contribution in [0.4, 0.5) is 0 Å². The van der Waals surface area contributed by atoms with E-state index in [0.717, 1.165) is 5.57 Å². The van der Waals surface area contributed by atoms with Crippen molar-refractivity contribution >= 4 is 17.7 Å². The molecule has 5 atom stereocenters. The number of aliphatic hydroxyl groups is 1. The second kappa shape index (κ2) is 6.36. The zero-order valence-electron chi connectivity index (χ0n) is 15.2. The second-order valence-electron chi connectivity index (χ2n) is 7.32. The molecule has 1 fully saturated rings. The molecular weight excluding hydrogens is 336 g/mol. The highest BCUT2D eigenvalue weighted by Crippen LogP contribution is 2.47. The molecule has 138 valence electrons. The molecule has 0 aromatic rings. The average molecular weight is 358 g/mol. The van der Waals surface area contributed by atoms with Gasteiger partial charge in [-0.3, -0.25) is 4.79 Å². The Balaban J connectivity index is 2.11. The zero-order chi connectivity index (χ0) is 19.3. The Labute approximate surface area is 151 Å². The number of carbonyl (C=O) groups is 3. The van der Waals surface area contributed by atoms with Gasteiger partial charge in [-0.15, -0.1) is 0 Å². The largest absolute Gasteiger partial charge is 0.454 e. The number of fused-ring (bicyclic) bond motifs is 2. The Kier molecular flexibility index (Phi) is 4.48. The van der Waals surface area contributed by atoms with E-state index in [1.165, 1.54) is 12.2 Å². The molecule has 0 saturated carbocycles. The maximum Gasteiger partial charge on any atom is 0.334 e. The Hall–Kier alpha value is -2.47. The van der Waals surface area contributed by atoms with Gasteiger partial charge in [0.15, 0.2) is 18.0 Å². The lowest BCUT2D eigenvalue weighted by Crippen LogP contribution is -2.40. The lowest BCUT2D eigenvalue weighted by Gasteiger charge is -2.28. The lowest BCUT2D eigenvalue weighted by atomic mass is 9.81. The molecule has 0 amide bonds. The number of allylic oxidation sites excluding steroid dienone is 2. The van der Waals surface area contributed by atoms with Crippen LogP contribution in [0.5, 0.6) is 0 Å². The van der Waals surface area contributed by atoms with Crippen LogP contribution in [0.1, 0.15) is 27.7 Å². The highest BCUT2D eigenvalue weighted by Gasteiger charge is 2.55. The van der Waals surface area contributed by atoms with Gasteiger partial charge in [-0.05, 0) is 39.3 Å². The van der Waals surface area contributed by atoms with Crippen LogP contribution in [0, 0.1) is 11.8 Å². The maximum absolute atomic E-state index is 12.5. The number of hydrogen-bond acceptors (Lipinski definition) is 6. The average Bonchev–Trinajstić information content (AvgIpc) is 2.96. The molecule has 0 radical (unpaired) electrons. The van der Waals surface area contributed by atoms with E-state index in [-0.39, 0.29) is 11.4 Å². The fraction of sp³-hybridized carbons (Fsp3) is 0.450. The summed E-state index contributed by atoms with van der Waals surface area (Å²) >= 11 is 0. The Bertz CT molecular complexity index is 808. The second-order valence-corrected chi connectivity index (χ2v) is 7.32. The lowest BCUT2D eigenvalue weighted by molar-refractivity contribution is -0.156. The molecule has 6 nitrogen and oxygen atoms in total. The van der Waals surface area contributed by atoms with Gasteiger partial charge in [0.1, 0.15) is 0 Å². The van der Waals surface area contributed by atoms with Crippen LogP contribution in [-0.4, -0.2) is 41.1 Å². The van der Waals surface area contributed by atoms with Crippen LogP contribution in [0.3, 0.4) is 0 Å². The standard InChI is InChI=1S/C20H22O6/c1-8(2)6-13(22)25-18-10(4)15-12(21)7-9(3)14(15)17(23)16-11(5)20(24)26-19(16)18/h6-7,14,16-19,23H,5H2,1-4H3. The molecule has 0 spiro atoms. The highest BCUT2D eigenvalue weighted by molar-refractivity contribution is 6.09. The van der Waals surface area contributed by atoms with E-state index in [1.54, 1.807) is 27.7 Å². The number of hydrogen-bond donors (Lipinski definition) is 1.